The molecule has 0 radical (unpaired) electrons. The standard InChI is InChI=1S/C12H10ClF2N/c1-2-3-8(7-16)12(13)10-6-9(14)4-5-11(10)15/h4-6H,2-3H2,1H3. The third kappa shape index (κ3) is 2.80. The highest BCUT2D eigenvalue weighted by Crippen LogP contribution is 2.28. The lowest BCUT2D eigenvalue weighted by Gasteiger charge is -2.04. The highest BCUT2D eigenvalue weighted by atomic mass is 35.5. The highest BCUT2D eigenvalue weighted by Gasteiger charge is 2.11. The summed E-state index contributed by atoms with van der Waals surface area (Å²) in [7, 11) is 0. The van der Waals surface area contributed by atoms with Crippen LogP contribution in [0.15, 0.2) is 23.8 Å². The summed E-state index contributed by atoms with van der Waals surface area (Å²) in [4.78, 5) is 0. The maximum absolute atomic E-state index is 13.4. The molecule has 0 unspecified atom stereocenters. The second-order valence-electron chi connectivity index (χ2n) is 3.28. The molecule has 1 rings (SSSR count). The quantitative estimate of drug-likeness (QED) is 0.726. The summed E-state index contributed by atoms with van der Waals surface area (Å²) in [6.07, 6.45) is 1.17. The normalized spacial score (nSPS) is 11.9. The van der Waals surface area contributed by atoms with Crippen molar-refractivity contribution in [2.24, 2.45) is 0 Å². The molecule has 0 N–H and O–H groups in total. The third-order valence-electron chi connectivity index (χ3n) is 2.06. The minimum atomic E-state index is -0.629. The molecule has 0 aliphatic heterocycles. The Labute approximate surface area is 98.0 Å². The van der Waals surface area contributed by atoms with Crippen molar-refractivity contribution < 1.29 is 8.78 Å². The van der Waals surface area contributed by atoms with Crippen LogP contribution in [0.5, 0.6) is 0 Å². The highest BCUT2D eigenvalue weighted by molar-refractivity contribution is 6.49. The molecule has 0 bridgehead atoms. The fourth-order valence-corrected chi connectivity index (χ4v) is 1.57. The Balaban J connectivity index is 3.27. The van der Waals surface area contributed by atoms with Crippen LogP contribution in [0.1, 0.15) is 25.3 Å². The largest absolute Gasteiger partial charge is 0.207 e. The van der Waals surface area contributed by atoms with Gasteiger partial charge in [0.2, 0.25) is 0 Å². The summed E-state index contributed by atoms with van der Waals surface area (Å²) in [6.45, 7) is 1.88. The molecular formula is C12H10ClF2N. The first kappa shape index (κ1) is 12.7. The predicted octanol–water partition coefficient (Wildman–Crippen LogP) is 4.24. The zero-order valence-electron chi connectivity index (χ0n) is 8.73. The summed E-state index contributed by atoms with van der Waals surface area (Å²) in [5, 5.41) is 8.83. The summed E-state index contributed by atoms with van der Waals surface area (Å²) in [6, 6.07) is 4.90. The minimum Gasteiger partial charge on any atom is -0.207 e. The molecule has 84 valence electrons. The molecule has 0 saturated carbocycles. The van der Waals surface area contributed by atoms with Crippen molar-refractivity contribution in [1.29, 1.82) is 5.26 Å². The zero-order valence-corrected chi connectivity index (χ0v) is 9.48. The van der Waals surface area contributed by atoms with Gasteiger partial charge in [0.1, 0.15) is 11.6 Å². The van der Waals surface area contributed by atoms with Gasteiger partial charge in [0.15, 0.2) is 0 Å². The fourth-order valence-electron chi connectivity index (χ4n) is 1.29. The Morgan fingerprint density at radius 3 is 2.69 bits per heavy atom. The van der Waals surface area contributed by atoms with Gasteiger partial charge >= 0.3 is 0 Å². The molecule has 1 aromatic rings. The van der Waals surface area contributed by atoms with Crippen molar-refractivity contribution in [2.75, 3.05) is 0 Å². The maximum atomic E-state index is 13.4. The second-order valence-corrected chi connectivity index (χ2v) is 3.66. The molecule has 0 spiro atoms. The number of hydrogen-bond acceptors (Lipinski definition) is 1. The van der Waals surface area contributed by atoms with E-state index in [1.807, 2.05) is 13.0 Å². The van der Waals surface area contributed by atoms with E-state index in [9.17, 15) is 8.78 Å². The van der Waals surface area contributed by atoms with Gasteiger partial charge in [0.05, 0.1) is 11.1 Å². The zero-order chi connectivity index (χ0) is 12.1. The van der Waals surface area contributed by atoms with Crippen LogP contribution < -0.4 is 0 Å². The van der Waals surface area contributed by atoms with Crippen LogP contribution >= 0.6 is 11.6 Å². The Hall–Kier alpha value is -1.40. The molecule has 0 aliphatic rings. The van der Waals surface area contributed by atoms with E-state index in [2.05, 4.69) is 0 Å². The number of rotatable bonds is 3. The van der Waals surface area contributed by atoms with Crippen molar-refractivity contribution in [1.82, 2.24) is 0 Å². The van der Waals surface area contributed by atoms with Gasteiger partial charge in [-0.2, -0.15) is 5.26 Å². The van der Waals surface area contributed by atoms with Crippen molar-refractivity contribution >= 4 is 16.6 Å². The monoisotopic (exact) mass is 241 g/mol. The Kier molecular flexibility index (Phi) is 4.45. The number of nitrogens with zero attached hydrogens (tertiary/aromatic N) is 1. The first-order valence-corrected chi connectivity index (χ1v) is 5.22. The summed E-state index contributed by atoms with van der Waals surface area (Å²) in [5.74, 6) is -1.21. The topological polar surface area (TPSA) is 23.8 Å². The fraction of sp³-hybridized carbons (Fsp3) is 0.250. The van der Waals surface area contributed by atoms with E-state index >= 15 is 0 Å². The van der Waals surface area contributed by atoms with Gasteiger partial charge in [-0.3, -0.25) is 0 Å². The summed E-state index contributed by atoms with van der Waals surface area (Å²) in [5.41, 5.74) is 0.209. The van der Waals surface area contributed by atoms with Crippen LogP contribution in [0.3, 0.4) is 0 Å². The molecule has 1 aromatic carbocycles. The molecule has 0 saturated heterocycles. The molecular weight excluding hydrogens is 232 g/mol. The van der Waals surface area contributed by atoms with Gasteiger partial charge in [-0.25, -0.2) is 8.78 Å². The number of nitriles is 1. The smallest absolute Gasteiger partial charge is 0.132 e. The third-order valence-corrected chi connectivity index (χ3v) is 2.50. The Morgan fingerprint density at radius 1 is 1.44 bits per heavy atom. The average molecular weight is 242 g/mol. The van der Waals surface area contributed by atoms with Gasteiger partial charge < -0.3 is 0 Å². The first-order valence-electron chi connectivity index (χ1n) is 4.84. The molecule has 0 amide bonds. The predicted molar refractivity (Wildman–Crippen MR) is 59.7 cm³/mol. The molecule has 0 aliphatic carbocycles. The number of halogens is 3. The Morgan fingerprint density at radius 2 is 2.12 bits per heavy atom. The lowest BCUT2D eigenvalue weighted by Crippen LogP contribution is -1.91. The van der Waals surface area contributed by atoms with E-state index < -0.39 is 11.6 Å². The van der Waals surface area contributed by atoms with Gasteiger partial charge in [0.25, 0.3) is 0 Å². The minimum absolute atomic E-state index is 0.0126. The van der Waals surface area contributed by atoms with Crippen molar-refractivity contribution in [3.05, 3.63) is 41.0 Å². The van der Waals surface area contributed by atoms with E-state index in [-0.39, 0.29) is 16.2 Å². The van der Waals surface area contributed by atoms with Crippen molar-refractivity contribution in [3.63, 3.8) is 0 Å². The van der Waals surface area contributed by atoms with E-state index in [1.165, 1.54) is 0 Å². The van der Waals surface area contributed by atoms with Crippen LogP contribution in [-0.2, 0) is 0 Å². The molecule has 0 heterocycles. The van der Waals surface area contributed by atoms with Crippen LogP contribution in [0.2, 0.25) is 0 Å². The molecule has 0 aromatic heterocycles. The van der Waals surface area contributed by atoms with E-state index in [1.54, 1.807) is 0 Å². The molecule has 4 heteroatoms. The lowest BCUT2D eigenvalue weighted by atomic mass is 10.1. The summed E-state index contributed by atoms with van der Waals surface area (Å²) < 4.78 is 26.3. The molecule has 16 heavy (non-hydrogen) atoms. The van der Waals surface area contributed by atoms with E-state index in [4.69, 9.17) is 16.9 Å². The first-order chi connectivity index (χ1) is 7.60. The maximum Gasteiger partial charge on any atom is 0.132 e. The second kappa shape index (κ2) is 5.62. The number of hydrogen-bond donors (Lipinski definition) is 0. The SMILES string of the molecule is CCCC(C#N)=C(Cl)c1cc(F)ccc1F. The van der Waals surface area contributed by atoms with Gasteiger partial charge in [-0.1, -0.05) is 24.9 Å². The van der Waals surface area contributed by atoms with E-state index in [0.29, 0.717) is 6.42 Å². The van der Waals surface area contributed by atoms with Gasteiger partial charge in [-0.05, 0) is 24.6 Å². The Bertz CT molecular complexity index is 461. The van der Waals surface area contributed by atoms with Crippen LogP contribution in [0.4, 0.5) is 8.78 Å². The van der Waals surface area contributed by atoms with Crippen molar-refractivity contribution in [3.8, 4) is 6.07 Å². The molecule has 0 fully saturated rings. The molecule has 1 nitrogen and oxygen atoms in total. The van der Waals surface area contributed by atoms with Crippen molar-refractivity contribution in [2.45, 2.75) is 19.8 Å². The average Bonchev–Trinajstić information content (AvgIpc) is 2.28. The number of allylic oxidation sites excluding steroid dienone is 1. The van der Waals surface area contributed by atoms with E-state index in [0.717, 1.165) is 24.6 Å². The van der Waals surface area contributed by atoms with Gasteiger partial charge in [-0.15, -0.1) is 0 Å². The lowest BCUT2D eigenvalue weighted by molar-refractivity contribution is 0.597. The number of benzene rings is 1. The van der Waals surface area contributed by atoms with Gasteiger partial charge in [0, 0.05) is 11.1 Å². The van der Waals surface area contributed by atoms with Crippen LogP contribution in [0, 0.1) is 23.0 Å². The van der Waals surface area contributed by atoms with Crippen LogP contribution in [-0.4, -0.2) is 0 Å². The summed E-state index contributed by atoms with van der Waals surface area (Å²) >= 11 is 5.88. The molecule has 0 atom stereocenters. The van der Waals surface area contributed by atoms with Crippen LogP contribution in [0.25, 0.3) is 5.03 Å².